The minimum Gasteiger partial charge on any atom is -0.370 e. The summed E-state index contributed by atoms with van der Waals surface area (Å²) in [5.74, 6) is 0.869. The molecule has 2 rings (SSSR count). The van der Waals surface area contributed by atoms with E-state index in [1.54, 1.807) is 12.5 Å². The monoisotopic (exact) mass is 228 g/mol. The van der Waals surface area contributed by atoms with Crippen molar-refractivity contribution < 1.29 is 0 Å². The van der Waals surface area contributed by atoms with Crippen LogP contribution in [0.15, 0.2) is 30.9 Å². The molecule has 17 heavy (non-hydrogen) atoms. The average Bonchev–Trinajstić information content (AvgIpc) is 2.37. The minimum absolute atomic E-state index is 0.869. The maximum atomic E-state index is 4.30. The highest BCUT2D eigenvalue weighted by Gasteiger charge is 2.04. The van der Waals surface area contributed by atoms with E-state index in [0.29, 0.717) is 0 Å². The second kappa shape index (κ2) is 5.39. The molecule has 0 radical (unpaired) electrons. The molecule has 0 bridgehead atoms. The van der Waals surface area contributed by atoms with Crippen LogP contribution in [0.5, 0.6) is 0 Å². The SMILES string of the molecule is CCCNc1cc(-c2ccncc2C)ncn1. The summed E-state index contributed by atoms with van der Waals surface area (Å²) in [6.07, 6.45) is 6.29. The van der Waals surface area contributed by atoms with Crippen LogP contribution < -0.4 is 5.32 Å². The van der Waals surface area contributed by atoms with E-state index in [-0.39, 0.29) is 0 Å². The number of hydrogen-bond acceptors (Lipinski definition) is 4. The number of aryl methyl sites for hydroxylation is 1. The van der Waals surface area contributed by atoms with Gasteiger partial charge in [-0.15, -0.1) is 0 Å². The van der Waals surface area contributed by atoms with Gasteiger partial charge in [0, 0.05) is 30.6 Å². The van der Waals surface area contributed by atoms with E-state index < -0.39 is 0 Å². The minimum atomic E-state index is 0.869. The van der Waals surface area contributed by atoms with Gasteiger partial charge in [0.25, 0.3) is 0 Å². The summed E-state index contributed by atoms with van der Waals surface area (Å²) >= 11 is 0. The molecule has 1 N–H and O–H groups in total. The van der Waals surface area contributed by atoms with E-state index >= 15 is 0 Å². The Morgan fingerprint density at radius 1 is 1.29 bits per heavy atom. The molecule has 0 fully saturated rings. The molecule has 0 spiro atoms. The zero-order chi connectivity index (χ0) is 12.1. The third-order valence-electron chi connectivity index (χ3n) is 2.52. The first-order valence-electron chi connectivity index (χ1n) is 5.78. The first kappa shape index (κ1) is 11.5. The molecule has 0 aromatic carbocycles. The summed E-state index contributed by atoms with van der Waals surface area (Å²) in [5.41, 5.74) is 3.15. The highest BCUT2D eigenvalue weighted by Crippen LogP contribution is 2.21. The first-order valence-corrected chi connectivity index (χ1v) is 5.78. The number of hydrogen-bond donors (Lipinski definition) is 1. The van der Waals surface area contributed by atoms with Gasteiger partial charge in [0.2, 0.25) is 0 Å². The van der Waals surface area contributed by atoms with Crippen molar-refractivity contribution in [3.8, 4) is 11.3 Å². The molecule has 0 amide bonds. The Morgan fingerprint density at radius 2 is 2.18 bits per heavy atom. The van der Waals surface area contributed by atoms with E-state index in [1.807, 2.05) is 25.3 Å². The third kappa shape index (κ3) is 2.78. The molecular weight excluding hydrogens is 212 g/mol. The summed E-state index contributed by atoms with van der Waals surface area (Å²) in [6, 6.07) is 3.94. The van der Waals surface area contributed by atoms with Gasteiger partial charge in [-0.1, -0.05) is 6.92 Å². The molecule has 4 nitrogen and oxygen atoms in total. The van der Waals surface area contributed by atoms with E-state index in [1.165, 1.54) is 0 Å². The second-order valence-corrected chi connectivity index (χ2v) is 3.91. The lowest BCUT2D eigenvalue weighted by atomic mass is 10.1. The van der Waals surface area contributed by atoms with Gasteiger partial charge in [-0.05, 0) is 25.0 Å². The lowest BCUT2D eigenvalue weighted by molar-refractivity contribution is 0.965. The van der Waals surface area contributed by atoms with Gasteiger partial charge in [0.05, 0.1) is 5.69 Å². The van der Waals surface area contributed by atoms with E-state index in [9.17, 15) is 0 Å². The molecule has 0 aliphatic heterocycles. The van der Waals surface area contributed by atoms with Crippen LogP contribution in [0.4, 0.5) is 5.82 Å². The smallest absolute Gasteiger partial charge is 0.129 e. The molecule has 0 saturated carbocycles. The topological polar surface area (TPSA) is 50.7 Å². The van der Waals surface area contributed by atoms with Gasteiger partial charge in [0.15, 0.2) is 0 Å². The second-order valence-electron chi connectivity index (χ2n) is 3.91. The van der Waals surface area contributed by atoms with Crippen LogP contribution in [-0.4, -0.2) is 21.5 Å². The Bertz CT molecular complexity index is 496. The Kier molecular flexibility index (Phi) is 3.65. The van der Waals surface area contributed by atoms with Crippen molar-refractivity contribution in [1.82, 2.24) is 15.0 Å². The lowest BCUT2D eigenvalue weighted by Gasteiger charge is -2.07. The van der Waals surface area contributed by atoms with E-state index in [2.05, 4.69) is 27.2 Å². The van der Waals surface area contributed by atoms with Crippen LogP contribution >= 0.6 is 0 Å². The van der Waals surface area contributed by atoms with Crippen LogP contribution in [0.25, 0.3) is 11.3 Å². The Labute approximate surface area is 101 Å². The molecule has 2 heterocycles. The lowest BCUT2D eigenvalue weighted by Crippen LogP contribution is -2.02. The maximum absolute atomic E-state index is 4.30. The fraction of sp³-hybridized carbons (Fsp3) is 0.308. The molecule has 0 aliphatic rings. The molecule has 4 heteroatoms. The number of nitrogens with zero attached hydrogens (tertiary/aromatic N) is 3. The highest BCUT2D eigenvalue weighted by atomic mass is 15.0. The Balaban J connectivity index is 2.30. The zero-order valence-electron chi connectivity index (χ0n) is 10.1. The summed E-state index contributed by atoms with van der Waals surface area (Å²) in [4.78, 5) is 12.6. The van der Waals surface area contributed by atoms with E-state index in [4.69, 9.17) is 0 Å². The molecular formula is C13H16N4. The van der Waals surface area contributed by atoms with Crippen molar-refractivity contribution in [2.75, 3.05) is 11.9 Å². The normalized spacial score (nSPS) is 10.2. The summed E-state index contributed by atoms with van der Waals surface area (Å²) in [7, 11) is 0. The number of pyridine rings is 1. The fourth-order valence-corrected chi connectivity index (χ4v) is 1.62. The molecule has 0 aliphatic carbocycles. The number of rotatable bonds is 4. The van der Waals surface area contributed by atoms with Crippen LogP contribution in [0.3, 0.4) is 0 Å². The summed E-state index contributed by atoms with van der Waals surface area (Å²) < 4.78 is 0. The van der Waals surface area contributed by atoms with Gasteiger partial charge in [-0.2, -0.15) is 0 Å². The molecule has 2 aromatic heterocycles. The largest absolute Gasteiger partial charge is 0.370 e. The molecule has 0 saturated heterocycles. The van der Waals surface area contributed by atoms with Crippen molar-refractivity contribution in [2.45, 2.75) is 20.3 Å². The van der Waals surface area contributed by atoms with Crippen molar-refractivity contribution >= 4 is 5.82 Å². The number of nitrogens with one attached hydrogen (secondary N) is 1. The van der Waals surface area contributed by atoms with Gasteiger partial charge in [-0.25, -0.2) is 9.97 Å². The van der Waals surface area contributed by atoms with Gasteiger partial charge in [0.1, 0.15) is 12.1 Å². The number of aromatic nitrogens is 3. The van der Waals surface area contributed by atoms with Crippen molar-refractivity contribution in [3.63, 3.8) is 0 Å². The number of anilines is 1. The van der Waals surface area contributed by atoms with Crippen molar-refractivity contribution in [1.29, 1.82) is 0 Å². The highest BCUT2D eigenvalue weighted by molar-refractivity contribution is 5.64. The van der Waals surface area contributed by atoms with Gasteiger partial charge < -0.3 is 5.32 Å². The van der Waals surface area contributed by atoms with Crippen molar-refractivity contribution in [3.05, 3.63) is 36.4 Å². The predicted octanol–water partition coefficient (Wildman–Crippen LogP) is 2.67. The van der Waals surface area contributed by atoms with Crippen molar-refractivity contribution in [2.24, 2.45) is 0 Å². The standard InChI is InChI=1S/C13H16N4/c1-3-5-15-13-7-12(16-9-17-13)11-4-6-14-8-10(11)2/h4,6-9H,3,5H2,1-2H3,(H,15,16,17). The van der Waals surface area contributed by atoms with Crippen LogP contribution in [-0.2, 0) is 0 Å². The van der Waals surface area contributed by atoms with Crippen LogP contribution in [0.2, 0.25) is 0 Å². The summed E-state index contributed by atoms with van der Waals surface area (Å²) in [6.45, 7) is 5.08. The van der Waals surface area contributed by atoms with Crippen LogP contribution in [0.1, 0.15) is 18.9 Å². The van der Waals surface area contributed by atoms with Gasteiger partial charge in [-0.3, -0.25) is 4.98 Å². The average molecular weight is 228 g/mol. The van der Waals surface area contributed by atoms with Gasteiger partial charge >= 0.3 is 0 Å². The Morgan fingerprint density at radius 3 is 2.94 bits per heavy atom. The Hall–Kier alpha value is -1.97. The molecule has 0 unspecified atom stereocenters. The summed E-state index contributed by atoms with van der Waals surface area (Å²) in [5, 5.41) is 3.26. The quantitative estimate of drug-likeness (QED) is 0.874. The molecule has 0 atom stereocenters. The van der Waals surface area contributed by atoms with E-state index in [0.717, 1.165) is 35.6 Å². The predicted molar refractivity (Wildman–Crippen MR) is 68.8 cm³/mol. The maximum Gasteiger partial charge on any atom is 0.129 e. The molecule has 2 aromatic rings. The first-order chi connectivity index (χ1) is 8.31. The third-order valence-corrected chi connectivity index (χ3v) is 2.52. The molecule has 88 valence electrons. The zero-order valence-corrected chi connectivity index (χ0v) is 10.1. The fourth-order valence-electron chi connectivity index (χ4n) is 1.62. The van der Waals surface area contributed by atoms with Crippen LogP contribution in [0, 0.1) is 6.92 Å².